The van der Waals surface area contributed by atoms with Gasteiger partial charge in [0, 0.05) is 6.54 Å². The van der Waals surface area contributed by atoms with Crippen LogP contribution in [0.1, 0.15) is 5.56 Å². The molecule has 1 aromatic heterocycles. The van der Waals surface area contributed by atoms with Gasteiger partial charge in [-0.3, -0.25) is 0 Å². The lowest BCUT2D eigenvalue weighted by atomic mass is 10.2. The van der Waals surface area contributed by atoms with E-state index in [1.165, 1.54) is 0 Å². The molecule has 1 aromatic carbocycles. The average Bonchev–Trinajstić information content (AvgIpc) is 2.67. The number of aromatic nitrogens is 2. The zero-order valence-corrected chi connectivity index (χ0v) is 14.6. The van der Waals surface area contributed by atoms with Gasteiger partial charge in [0.15, 0.2) is 11.6 Å². The molecule has 1 fully saturated rings. The molecule has 7 nitrogen and oxygen atoms in total. The maximum atomic E-state index is 9.59. The molecule has 0 amide bonds. The van der Waals surface area contributed by atoms with Crippen LogP contribution in [0.5, 0.6) is 11.5 Å². The molecule has 1 N–H and O–H groups in total. The number of rotatable bonds is 6. The van der Waals surface area contributed by atoms with Crippen LogP contribution in [-0.2, 0) is 11.3 Å². The summed E-state index contributed by atoms with van der Waals surface area (Å²) in [6.45, 7) is 1.89. The highest BCUT2D eigenvalue weighted by Gasteiger charge is 2.27. The molecule has 2 heterocycles. The monoisotopic (exact) mass is 365 g/mol. The number of hydrogen-bond donors (Lipinski definition) is 1. The Morgan fingerprint density at radius 1 is 1.36 bits per heavy atom. The molecule has 3 rings (SSSR count). The number of aliphatic hydroxyl groups is 1. The first-order valence-corrected chi connectivity index (χ1v) is 8.32. The number of benzene rings is 1. The molecule has 0 radical (unpaired) electrons. The maximum absolute atomic E-state index is 9.59. The highest BCUT2D eigenvalue weighted by molar-refractivity contribution is 6.28. The van der Waals surface area contributed by atoms with Gasteiger partial charge < -0.3 is 24.2 Å². The van der Waals surface area contributed by atoms with E-state index in [0.717, 1.165) is 11.3 Å². The molecule has 2 aromatic rings. The number of hydrogen-bond acceptors (Lipinski definition) is 7. The first-order valence-electron chi connectivity index (χ1n) is 7.94. The summed E-state index contributed by atoms with van der Waals surface area (Å²) in [5, 5.41) is 9.72. The summed E-state index contributed by atoms with van der Waals surface area (Å²) in [6, 6.07) is 7.42. The highest BCUT2D eigenvalue weighted by Crippen LogP contribution is 2.30. The first-order chi connectivity index (χ1) is 12.2. The minimum atomic E-state index is -0.192. The Kier molecular flexibility index (Phi) is 5.91. The molecule has 0 bridgehead atoms. The van der Waals surface area contributed by atoms with Gasteiger partial charge in [0.25, 0.3) is 0 Å². The van der Waals surface area contributed by atoms with E-state index in [2.05, 4.69) is 9.97 Å². The van der Waals surface area contributed by atoms with Crippen LogP contribution in [0.2, 0.25) is 5.28 Å². The Labute approximate surface area is 151 Å². The largest absolute Gasteiger partial charge is 0.497 e. The molecule has 134 valence electrons. The number of anilines is 1. The van der Waals surface area contributed by atoms with E-state index in [1.807, 2.05) is 29.2 Å². The van der Waals surface area contributed by atoms with Crippen molar-refractivity contribution >= 4 is 17.4 Å². The second kappa shape index (κ2) is 8.33. The van der Waals surface area contributed by atoms with Gasteiger partial charge in [0.1, 0.15) is 12.4 Å². The van der Waals surface area contributed by atoms with Gasteiger partial charge in [-0.1, -0.05) is 12.1 Å². The molecule has 25 heavy (non-hydrogen) atoms. The smallest absolute Gasteiger partial charge is 0.224 e. The Morgan fingerprint density at radius 2 is 2.16 bits per heavy atom. The first kappa shape index (κ1) is 17.7. The summed E-state index contributed by atoms with van der Waals surface area (Å²) in [5.74, 6) is 1.87. The molecule has 0 saturated carbocycles. The predicted octanol–water partition coefficient (Wildman–Crippen LogP) is 1.92. The number of aliphatic hydroxyl groups excluding tert-OH is 1. The summed E-state index contributed by atoms with van der Waals surface area (Å²) >= 11 is 5.97. The molecule has 1 atom stereocenters. The number of ether oxygens (including phenoxy) is 3. The molecular formula is C17H20ClN3O4. The minimum absolute atomic E-state index is 0.0421. The fourth-order valence-electron chi connectivity index (χ4n) is 2.62. The summed E-state index contributed by atoms with van der Waals surface area (Å²) < 4.78 is 16.5. The van der Waals surface area contributed by atoms with Crippen LogP contribution in [0.4, 0.5) is 5.82 Å². The predicted molar refractivity (Wildman–Crippen MR) is 93.4 cm³/mol. The van der Waals surface area contributed by atoms with Crippen molar-refractivity contribution in [3.63, 3.8) is 0 Å². The van der Waals surface area contributed by atoms with Crippen molar-refractivity contribution in [2.75, 3.05) is 38.4 Å². The summed E-state index contributed by atoms with van der Waals surface area (Å²) in [6.07, 6.45) is 1.55. The molecule has 1 aliphatic rings. The third-order valence-electron chi connectivity index (χ3n) is 3.97. The van der Waals surface area contributed by atoms with Crippen LogP contribution in [0.15, 0.2) is 30.5 Å². The topological polar surface area (TPSA) is 76.9 Å². The maximum Gasteiger partial charge on any atom is 0.224 e. The van der Waals surface area contributed by atoms with Crippen molar-refractivity contribution in [2.24, 2.45) is 0 Å². The lowest BCUT2D eigenvalue weighted by Crippen LogP contribution is -2.48. The van der Waals surface area contributed by atoms with Gasteiger partial charge in [-0.2, -0.15) is 4.98 Å². The number of morpholine rings is 1. The fraction of sp³-hybridized carbons (Fsp3) is 0.412. The average molecular weight is 366 g/mol. The lowest BCUT2D eigenvalue weighted by molar-refractivity contribution is 0.0718. The van der Waals surface area contributed by atoms with Crippen molar-refractivity contribution in [1.82, 2.24) is 9.97 Å². The fourth-order valence-corrected chi connectivity index (χ4v) is 2.75. The molecule has 0 spiro atoms. The van der Waals surface area contributed by atoms with E-state index in [-0.39, 0.29) is 17.9 Å². The molecule has 1 saturated heterocycles. The van der Waals surface area contributed by atoms with Gasteiger partial charge in [0.2, 0.25) is 5.28 Å². The van der Waals surface area contributed by atoms with E-state index >= 15 is 0 Å². The van der Waals surface area contributed by atoms with Gasteiger partial charge in [0.05, 0.1) is 39.2 Å². The van der Waals surface area contributed by atoms with Crippen LogP contribution >= 0.6 is 11.6 Å². The molecule has 1 aliphatic heterocycles. The van der Waals surface area contributed by atoms with E-state index in [0.29, 0.717) is 37.9 Å². The third kappa shape index (κ3) is 4.31. The number of nitrogens with zero attached hydrogens (tertiary/aromatic N) is 3. The van der Waals surface area contributed by atoms with Crippen molar-refractivity contribution in [2.45, 2.75) is 12.6 Å². The van der Waals surface area contributed by atoms with Crippen LogP contribution in [0, 0.1) is 0 Å². The summed E-state index contributed by atoms with van der Waals surface area (Å²) in [7, 11) is 1.63. The van der Waals surface area contributed by atoms with Crippen LogP contribution < -0.4 is 14.4 Å². The van der Waals surface area contributed by atoms with Crippen LogP contribution in [0.3, 0.4) is 0 Å². The Balaban J connectivity index is 1.78. The zero-order chi connectivity index (χ0) is 17.6. The lowest BCUT2D eigenvalue weighted by Gasteiger charge is -2.35. The molecule has 0 aliphatic carbocycles. The Hall–Kier alpha value is -2.09. The van der Waals surface area contributed by atoms with Crippen molar-refractivity contribution in [1.29, 1.82) is 0 Å². The van der Waals surface area contributed by atoms with E-state index in [9.17, 15) is 5.11 Å². The van der Waals surface area contributed by atoms with Crippen LogP contribution in [0.25, 0.3) is 0 Å². The van der Waals surface area contributed by atoms with E-state index in [1.54, 1.807) is 13.3 Å². The van der Waals surface area contributed by atoms with Crippen molar-refractivity contribution < 1.29 is 19.3 Å². The number of halogens is 1. The zero-order valence-electron chi connectivity index (χ0n) is 13.9. The SMILES string of the molecule is COc1ccc(COc2cnc(Cl)nc2N2CCOCC2CO)cc1. The van der Waals surface area contributed by atoms with Gasteiger partial charge in [-0.15, -0.1) is 0 Å². The molecular weight excluding hydrogens is 346 g/mol. The van der Waals surface area contributed by atoms with Gasteiger partial charge in [-0.25, -0.2) is 4.98 Å². The molecule has 1 unspecified atom stereocenters. The standard InChI is InChI=1S/C17H20ClN3O4/c1-23-14-4-2-12(3-5-14)10-25-15-8-19-17(18)20-16(15)21-6-7-24-11-13(21)9-22/h2-5,8,13,22H,6-7,9-11H2,1H3. The second-order valence-corrected chi connectivity index (χ2v) is 5.91. The Morgan fingerprint density at radius 3 is 2.88 bits per heavy atom. The Bertz CT molecular complexity index is 699. The quantitative estimate of drug-likeness (QED) is 0.783. The van der Waals surface area contributed by atoms with Gasteiger partial charge in [-0.05, 0) is 29.3 Å². The molecule has 8 heteroatoms. The van der Waals surface area contributed by atoms with Crippen molar-refractivity contribution in [3.05, 3.63) is 41.3 Å². The van der Waals surface area contributed by atoms with Gasteiger partial charge >= 0.3 is 0 Å². The summed E-state index contributed by atoms with van der Waals surface area (Å²) in [5.41, 5.74) is 0.988. The van der Waals surface area contributed by atoms with E-state index in [4.69, 9.17) is 25.8 Å². The minimum Gasteiger partial charge on any atom is -0.497 e. The summed E-state index contributed by atoms with van der Waals surface area (Å²) in [4.78, 5) is 10.3. The third-order valence-corrected chi connectivity index (χ3v) is 4.15. The highest BCUT2D eigenvalue weighted by atomic mass is 35.5. The van der Waals surface area contributed by atoms with Crippen molar-refractivity contribution in [3.8, 4) is 11.5 Å². The van der Waals surface area contributed by atoms with Crippen LogP contribution in [-0.4, -0.2) is 54.6 Å². The second-order valence-electron chi connectivity index (χ2n) is 5.57. The normalized spacial score (nSPS) is 17.4. The number of methoxy groups -OCH3 is 1. The van der Waals surface area contributed by atoms with E-state index < -0.39 is 0 Å².